The van der Waals surface area contributed by atoms with E-state index in [1.807, 2.05) is 0 Å². The molecule has 4 heterocycles. The number of aromatic nitrogens is 3. The van der Waals surface area contributed by atoms with Crippen molar-refractivity contribution in [3.63, 3.8) is 0 Å². The number of hydrogen-bond acceptors (Lipinski definition) is 6. The van der Waals surface area contributed by atoms with Gasteiger partial charge < -0.3 is 20.3 Å². The second-order valence-electron chi connectivity index (χ2n) is 9.22. The fourth-order valence-electron chi connectivity index (χ4n) is 5.43. The lowest BCUT2D eigenvalue weighted by Gasteiger charge is -2.32. The van der Waals surface area contributed by atoms with E-state index in [2.05, 4.69) is 25.6 Å². The number of rotatable bonds is 5. The van der Waals surface area contributed by atoms with Gasteiger partial charge in [0.05, 0.1) is 35.8 Å². The Morgan fingerprint density at radius 1 is 1.22 bits per heavy atom. The molecule has 0 unspecified atom stereocenters. The predicted molar refractivity (Wildman–Crippen MR) is 132 cm³/mol. The van der Waals surface area contributed by atoms with Gasteiger partial charge in [-0.2, -0.15) is 5.10 Å². The summed E-state index contributed by atoms with van der Waals surface area (Å²) >= 11 is 0. The summed E-state index contributed by atoms with van der Waals surface area (Å²) < 4.78 is 52.0. The molecular formula is C26H23F3N6O2. The van der Waals surface area contributed by atoms with Gasteiger partial charge in [0.2, 0.25) is 0 Å². The first-order valence-electron chi connectivity index (χ1n) is 11.8. The summed E-state index contributed by atoms with van der Waals surface area (Å²) in [6.45, 7) is 1.45. The van der Waals surface area contributed by atoms with Gasteiger partial charge >= 0.3 is 0 Å². The quantitative estimate of drug-likeness (QED) is 0.426. The second-order valence-corrected chi connectivity index (χ2v) is 9.22. The van der Waals surface area contributed by atoms with Crippen LogP contribution in [0.1, 0.15) is 16.8 Å². The number of fused-ring (bicyclic) bond motifs is 3. The second kappa shape index (κ2) is 8.77. The van der Waals surface area contributed by atoms with Crippen molar-refractivity contribution in [3.8, 4) is 17.0 Å². The van der Waals surface area contributed by atoms with E-state index in [0.29, 0.717) is 29.2 Å². The van der Waals surface area contributed by atoms with E-state index < -0.39 is 23.4 Å². The highest BCUT2D eigenvalue weighted by atomic mass is 19.1. The number of carbonyl (C=O) groups is 1. The van der Waals surface area contributed by atoms with Crippen molar-refractivity contribution >= 4 is 28.2 Å². The van der Waals surface area contributed by atoms with Crippen LogP contribution in [-0.4, -0.2) is 53.0 Å². The van der Waals surface area contributed by atoms with Crippen LogP contribution < -0.4 is 20.3 Å². The molecule has 2 N–H and O–H groups in total. The zero-order valence-corrected chi connectivity index (χ0v) is 20.1. The number of anilines is 2. The number of pyridine rings is 1. The normalized spacial score (nSPS) is 18.6. The first-order valence-corrected chi connectivity index (χ1v) is 11.8. The minimum atomic E-state index is -1.02. The molecule has 6 rings (SSSR count). The van der Waals surface area contributed by atoms with Crippen LogP contribution in [0.15, 0.2) is 42.7 Å². The molecule has 2 aromatic heterocycles. The van der Waals surface area contributed by atoms with Crippen molar-refractivity contribution < 1.29 is 22.7 Å². The Hall–Kier alpha value is -4.12. The minimum absolute atomic E-state index is 0.0769. The molecule has 0 spiro atoms. The summed E-state index contributed by atoms with van der Waals surface area (Å²) in [5, 5.41) is 10.9. The number of ether oxygens (including phenoxy) is 1. The van der Waals surface area contributed by atoms with E-state index in [9.17, 15) is 9.18 Å². The topological polar surface area (TPSA) is 84.3 Å². The maximum absolute atomic E-state index is 15.6. The Balaban J connectivity index is 1.43. The van der Waals surface area contributed by atoms with Gasteiger partial charge in [-0.05, 0) is 24.6 Å². The number of hydrogen-bond donors (Lipinski definition) is 2. The molecule has 2 atom stereocenters. The molecule has 2 fully saturated rings. The van der Waals surface area contributed by atoms with Crippen LogP contribution in [0, 0.1) is 17.5 Å². The molecule has 4 aromatic rings. The average Bonchev–Trinajstić information content (AvgIpc) is 3.61. The Labute approximate surface area is 210 Å². The molecule has 0 radical (unpaired) electrons. The van der Waals surface area contributed by atoms with E-state index in [1.165, 1.54) is 42.3 Å². The molecule has 2 bridgehead atoms. The minimum Gasteiger partial charge on any atom is -0.496 e. The van der Waals surface area contributed by atoms with Crippen molar-refractivity contribution in [3.05, 3.63) is 65.7 Å². The zero-order chi connectivity index (χ0) is 25.8. The van der Waals surface area contributed by atoms with Gasteiger partial charge in [-0.1, -0.05) is 6.07 Å². The van der Waals surface area contributed by atoms with Crippen molar-refractivity contribution in [2.75, 3.05) is 30.4 Å². The lowest BCUT2D eigenvalue weighted by Crippen LogP contribution is -2.44. The van der Waals surface area contributed by atoms with Crippen LogP contribution in [0.2, 0.25) is 0 Å². The number of nitrogens with zero attached hydrogens (tertiary/aromatic N) is 4. The predicted octanol–water partition coefficient (Wildman–Crippen LogP) is 3.86. The molecule has 1 amide bonds. The fourth-order valence-corrected chi connectivity index (χ4v) is 5.43. The molecule has 37 heavy (non-hydrogen) atoms. The van der Waals surface area contributed by atoms with Crippen molar-refractivity contribution in [1.29, 1.82) is 0 Å². The standard InChI is InChI=1S/C26H23F3N6O2/c1-34-24-16(11-32-34)25(35-12-13-8-14(35)10-31-13)19(9-18(24)28)33-26(36)15-6-7-30-23(22(15)29)21-17(27)4-3-5-20(21)37-2/h3-7,9,11,13-14,31H,8,10,12H2,1-2H3,(H,33,36)/t13-,14-/m1/s1. The average molecular weight is 509 g/mol. The van der Waals surface area contributed by atoms with E-state index >= 15 is 8.78 Å². The molecular weight excluding hydrogens is 485 g/mol. The summed E-state index contributed by atoms with van der Waals surface area (Å²) in [4.78, 5) is 19.5. The summed E-state index contributed by atoms with van der Waals surface area (Å²) in [7, 11) is 2.98. The highest BCUT2D eigenvalue weighted by molar-refractivity contribution is 6.10. The molecule has 2 aliphatic heterocycles. The van der Waals surface area contributed by atoms with Crippen LogP contribution in [0.25, 0.3) is 22.2 Å². The lowest BCUT2D eigenvalue weighted by atomic mass is 10.1. The fraction of sp³-hybridized carbons (Fsp3) is 0.269. The van der Waals surface area contributed by atoms with Gasteiger partial charge in [0.1, 0.15) is 22.8 Å². The maximum atomic E-state index is 15.6. The molecule has 0 saturated carbocycles. The molecule has 190 valence electrons. The van der Waals surface area contributed by atoms with E-state index in [-0.39, 0.29) is 34.3 Å². The summed E-state index contributed by atoms with van der Waals surface area (Å²) in [6, 6.07) is 6.95. The van der Waals surface area contributed by atoms with Crippen LogP contribution in [-0.2, 0) is 7.05 Å². The molecule has 11 heteroatoms. The third-order valence-electron chi connectivity index (χ3n) is 7.10. The van der Waals surface area contributed by atoms with Crippen molar-refractivity contribution in [2.24, 2.45) is 7.05 Å². The number of aryl methyl sites for hydroxylation is 1. The van der Waals surface area contributed by atoms with Crippen LogP contribution in [0.3, 0.4) is 0 Å². The first kappa shape index (κ1) is 23.3. The molecule has 2 saturated heterocycles. The Kier molecular flexibility index (Phi) is 5.52. The maximum Gasteiger partial charge on any atom is 0.258 e. The number of carbonyl (C=O) groups excluding carboxylic acids is 1. The van der Waals surface area contributed by atoms with Gasteiger partial charge in [0.15, 0.2) is 11.6 Å². The molecule has 8 nitrogen and oxygen atoms in total. The van der Waals surface area contributed by atoms with Crippen LogP contribution >= 0.6 is 0 Å². The number of methoxy groups -OCH3 is 1. The SMILES string of the molecule is COc1cccc(F)c1-c1nccc(C(=O)Nc2cc(F)c3c(cnn3C)c2N2C[C@H]3C[C@@H]2CN3)c1F. The van der Waals surface area contributed by atoms with E-state index in [0.717, 1.165) is 19.0 Å². The zero-order valence-electron chi connectivity index (χ0n) is 20.1. The van der Waals surface area contributed by atoms with Gasteiger partial charge in [-0.25, -0.2) is 13.2 Å². The monoisotopic (exact) mass is 508 g/mol. The van der Waals surface area contributed by atoms with Gasteiger partial charge in [0, 0.05) is 49.9 Å². The Morgan fingerprint density at radius 2 is 2.05 bits per heavy atom. The summed E-state index contributed by atoms with van der Waals surface area (Å²) in [5.41, 5.74) is 0.236. The first-order chi connectivity index (χ1) is 17.9. The van der Waals surface area contributed by atoms with Crippen molar-refractivity contribution in [2.45, 2.75) is 18.5 Å². The number of halogens is 3. The summed E-state index contributed by atoms with van der Waals surface area (Å²) in [6.07, 6.45) is 3.72. The van der Waals surface area contributed by atoms with Gasteiger partial charge in [-0.3, -0.25) is 14.5 Å². The summed E-state index contributed by atoms with van der Waals surface area (Å²) in [5.74, 6) is -3.07. The number of amides is 1. The third kappa shape index (κ3) is 3.69. The van der Waals surface area contributed by atoms with Gasteiger partial charge in [-0.15, -0.1) is 0 Å². The van der Waals surface area contributed by atoms with E-state index in [1.54, 1.807) is 13.2 Å². The van der Waals surface area contributed by atoms with Crippen LogP contribution in [0.5, 0.6) is 5.75 Å². The third-order valence-corrected chi connectivity index (χ3v) is 7.10. The van der Waals surface area contributed by atoms with Crippen LogP contribution in [0.4, 0.5) is 24.5 Å². The largest absolute Gasteiger partial charge is 0.496 e. The highest BCUT2D eigenvalue weighted by Gasteiger charge is 2.40. The smallest absolute Gasteiger partial charge is 0.258 e. The number of nitrogens with one attached hydrogen (secondary N) is 2. The number of benzene rings is 2. The van der Waals surface area contributed by atoms with E-state index in [4.69, 9.17) is 4.74 Å². The van der Waals surface area contributed by atoms with Crippen molar-refractivity contribution in [1.82, 2.24) is 20.1 Å². The highest BCUT2D eigenvalue weighted by Crippen LogP contribution is 2.41. The Morgan fingerprint density at radius 3 is 2.78 bits per heavy atom. The molecule has 2 aromatic carbocycles. The Bertz CT molecular complexity index is 1560. The lowest BCUT2D eigenvalue weighted by molar-refractivity contribution is 0.102. The number of piperazine rings is 1. The molecule has 0 aliphatic carbocycles. The molecule has 2 aliphatic rings. The van der Waals surface area contributed by atoms with Gasteiger partial charge in [0.25, 0.3) is 5.91 Å².